The molecule has 2 heterocycles. The molecular formula is C11H13ClN4O2. The predicted octanol–water partition coefficient (Wildman–Crippen LogP) is 1.17. The Morgan fingerprint density at radius 2 is 2.33 bits per heavy atom. The van der Waals surface area contributed by atoms with Crippen LogP contribution in [-0.2, 0) is 11.3 Å². The van der Waals surface area contributed by atoms with Crippen LogP contribution in [0.5, 0.6) is 0 Å². The van der Waals surface area contributed by atoms with E-state index in [2.05, 4.69) is 15.0 Å². The number of hydrogen-bond donors (Lipinski definition) is 2. The maximum atomic E-state index is 10.3. The fourth-order valence-electron chi connectivity index (χ4n) is 1.54. The molecule has 0 aliphatic heterocycles. The fourth-order valence-corrected chi connectivity index (χ4v) is 1.71. The summed E-state index contributed by atoms with van der Waals surface area (Å²) >= 11 is 5.88. The Balaban J connectivity index is 1.86. The van der Waals surface area contributed by atoms with Crippen molar-refractivity contribution in [3.63, 3.8) is 0 Å². The summed E-state index contributed by atoms with van der Waals surface area (Å²) in [7, 11) is 0. The van der Waals surface area contributed by atoms with Gasteiger partial charge in [0.25, 0.3) is 0 Å². The number of nitrogens with two attached hydrogens (primary N) is 1. The van der Waals surface area contributed by atoms with Crippen molar-refractivity contribution in [3.05, 3.63) is 35.2 Å². The van der Waals surface area contributed by atoms with E-state index in [9.17, 15) is 4.79 Å². The third kappa shape index (κ3) is 3.35. The molecule has 1 amide bonds. The van der Waals surface area contributed by atoms with E-state index >= 15 is 0 Å². The Kier molecular flexibility index (Phi) is 4.01. The summed E-state index contributed by atoms with van der Waals surface area (Å²) < 4.78 is 6.45. The van der Waals surface area contributed by atoms with Gasteiger partial charge in [-0.25, -0.2) is 9.78 Å². The van der Waals surface area contributed by atoms with Crippen molar-refractivity contribution in [2.75, 3.05) is 13.2 Å². The fraction of sp³-hybridized carbons (Fsp3) is 0.273. The van der Waals surface area contributed by atoms with Gasteiger partial charge in [-0.05, 0) is 12.1 Å². The molecule has 0 saturated carbocycles. The molecule has 0 atom stereocenters. The second-order valence-corrected chi connectivity index (χ2v) is 4.13. The van der Waals surface area contributed by atoms with Crippen molar-refractivity contribution in [1.29, 1.82) is 0 Å². The molecule has 0 saturated heterocycles. The van der Waals surface area contributed by atoms with Gasteiger partial charge in [-0.15, -0.1) is 0 Å². The number of nitrogens with one attached hydrogen (secondary N) is 1. The van der Waals surface area contributed by atoms with Crippen LogP contribution < -0.4 is 11.1 Å². The molecule has 18 heavy (non-hydrogen) atoms. The number of rotatable bonds is 5. The average molecular weight is 269 g/mol. The Bertz CT molecular complexity index is 555. The van der Waals surface area contributed by atoms with Crippen molar-refractivity contribution in [2.45, 2.75) is 6.54 Å². The Morgan fingerprint density at radius 3 is 3.11 bits per heavy atom. The van der Waals surface area contributed by atoms with Crippen molar-refractivity contribution in [2.24, 2.45) is 5.73 Å². The molecule has 0 spiro atoms. The lowest BCUT2D eigenvalue weighted by Gasteiger charge is -2.02. The van der Waals surface area contributed by atoms with Crippen molar-refractivity contribution < 1.29 is 9.53 Å². The van der Waals surface area contributed by atoms with Crippen LogP contribution in [0.2, 0.25) is 5.02 Å². The highest BCUT2D eigenvalue weighted by Crippen LogP contribution is 2.11. The van der Waals surface area contributed by atoms with Gasteiger partial charge < -0.3 is 20.2 Å². The normalized spacial score (nSPS) is 10.7. The molecule has 0 unspecified atom stereocenters. The number of fused-ring (bicyclic) bond motifs is 1. The first-order valence-electron chi connectivity index (χ1n) is 5.41. The smallest absolute Gasteiger partial charge is 0.404 e. The average Bonchev–Trinajstić information content (AvgIpc) is 2.70. The summed E-state index contributed by atoms with van der Waals surface area (Å²) in [6, 6.07) is 3.64. The zero-order chi connectivity index (χ0) is 13.0. The monoisotopic (exact) mass is 268 g/mol. The predicted molar refractivity (Wildman–Crippen MR) is 67.4 cm³/mol. The molecule has 2 rings (SSSR count). The molecule has 3 N–H and O–H groups in total. The maximum Gasteiger partial charge on any atom is 0.404 e. The van der Waals surface area contributed by atoms with Crippen LogP contribution in [0.3, 0.4) is 0 Å². The number of amides is 1. The lowest BCUT2D eigenvalue weighted by atomic mass is 10.4. The molecule has 2 aromatic rings. The number of imidazole rings is 1. The largest absolute Gasteiger partial charge is 0.448 e. The zero-order valence-corrected chi connectivity index (χ0v) is 10.4. The van der Waals surface area contributed by atoms with Crippen LogP contribution in [0.4, 0.5) is 4.79 Å². The van der Waals surface area contributed by atoms with E-state index in [1.807, 2.05) is 16.7 Å². The van der Waals surface area contributed by atoms with Crippen molar-refractivity contribution in [1.82, 2.24) is 14.7 Å². The number of halogens is 1. The minimum atomic E-state index is -0.765. The van der Waals surface area contributed by atoms with Gasteiger partial charge >= 0.3 is 6.09 Å². The summed E-state index contributed by atoms with van der Waals surface area (Å²) in [4.78, 5) is 14.7. The molecule has 0 fully saturated rings. The number of carbonyl (C=O) groups excluding carboxylic acids is 1. The summed E-state index contributed by atoms with van der Waals surface area (Å²) in [6.45, 7) is 1.35. The van der Waals surface area contributed by atoms with Gasteiger partial charge in [0.2, 0.25) is 0 Å². The molecule has 0 bridgehead atoms. The second-order valence-electron chi connectivity index (χ2n) is 3.69. The quantitative estimate of drug-likeness (QED) is 0.798. The first-order valence-corrected chi connectivity index (χ1v) is 5.79. The summed E-state index contributed by atoms with van der Waals surface area (Å²) in [5.74, 6) is 0. The topological polar surface area (TPSA) is 81.7 Å². The van der Waals surface area contributed by atoms with Gasteiger partial charge in [0.1, 0.15) is 12.3 Å². The van der Waals surface area contributed by atoms with Gasteiger partial charge in [-0.2, -0.15) is 0 Å². The summed E-state index contributed by atoms with van der Waals surface area (Å²) in [5, 5.41) is 3.75. The van der Waals surface area contributed by atoms with E-state index in [-0.39, 0.29) is 6.61 Å². The van der Waals surface area contributed by atoms with E-state index in [0.29, 0.717) is 18.1 Å². The molecule has 0 aliphatic rings. The number of nitrogens with zero attached hydrogens (tertiary/aromatic N) is 2. The number of carbonyl (C=O) groups is 1. The van der Waals surface area contributed by atoms with E-state index in [4.69, 9.17) is 17.3 Å². The molecule has 2 aromatic heterocycles. The van der Waals surface area contributed by atoms with Crippen LogP contribution in [-0.4, -0.2) is 28.6 Å². The van der Waals surface area contributed by atoms with Crippen molar-refractivity contribution in [3.8, 4) is 0 Å². The number of ether oxygens (including phenoxy) is 1. The highest BCUT2D eigenvalue weighted by atomic mass is 35.5. The van der Waals surface area contributed by atoms with Gasteiger partial charge in [0, 0.05) is 25.5 Å². The molecule has 96 valence electrons. The van der Waals surface area contributed by atoms with Crippen LogP contribution in [0, 0.1) is 0 Å². The lowest BCUT2D eigenvalue weighted by Crippen LogP contribution is -2.23. The summed E-state index contributed by atoms with van der Waals surface area (Å²) in [6.07, 6.45) is 2.92. The van der Waals surface area contributed by atoms with Crippen LogP contribution in [0.25, 0.3) is 5.65 Å². The van der Waals surface area contributed by atoms with E-state index in [1.165, 1.54) is 0 Å². The third-order valence-corrected chi connectivity index (χ3v) is 2.52. The first-order chi connectivity index (χ1) is 8.65. The maximum absolute atomic E-state index is 10.3. The molecule has 6 nitrogen and oxygen atoms in total. The lowest BCUT2D eigenvalue weighted by molar-refractivity contribution is 0.157. The second kappa shape index (κ2) is 5.70. The van der Waals surface area contributed by atoms with E-state index < -0.39 is 6.09 Å². The Hall–Kier alpha value is -1.79. The Morgan fingerprint density at radius 1 is 1.50 bits per heavy atom. The van der Waals surface area contributed by atoms with Crippen LogP contribution in [0.1, 0.15) is 5.69 Å². The van der Waals surface area contributed by atoms with E-state index in [0.717, 1.165) is 11.3 Å². The summed E-state index contributed by atoms with van der Waals surface area (Å²) in [5.41, 5.74) is 6.56. The number of pyridine rings is 1. The highest BCUT2D eigenvalue weighted by molar-refractivity contribution is 6.30. The van der Waals surface area contributed by atoms with Gasteiger partial charge in [-0.1, -0.05) is 11.6 Å². The van der Waals surface area contributed by atoms with Crippen LogP contribution >= 0.6 is 11.6 Å². The number of primary amides is 1. The molecular weight excluding hydrogens is 256 g/mol. The van der Waals surface area contributed by atoms with Gasteiger partial charge in [0.05, 0.1) is 10.7 Å². The minimum Gasteiger partial charge on any atom is -0.448 e. The molecule has 0 radical (unpaired) electrons. The highest BCUT2D eigenvalue weighted by Gasteiger charge is 2.01. The minimum absolute atomic E-state index is 0.245. The zero-order valence-electron chi connectivity index (χ0n) is 9.60. The Labute approximate surface area is 109 Å². The van der Waals surface area contributed by atoms with E-state index in [1.54, 1.807) is 12.3 Å². The first kappa shape index (κ1) is 12.7. The SMILES string of the molecule is NC(=O)OCCNCc1cn2cc(Cl)ccc2n1. The third-order valence-electron chi connectivity index (χ3n) is 2.29. The van der Waals surface area contributed by atoms with Gasteiger partial charge in [-0.3, -0.25) is 0 Å². The standard InChI is InChI=1S/C11H13ClN4O2/c12-8-1-2-10-15-9(7-16(10)6-8)5-14-3-4-18-11(13)17/h1-2,6-7,14H,3-5H2,(H2,13,17). The van der Waals surface area contributed by atoms with Crippen molar-refractivity contribution >= 4 is 23.3 Å². The van der Waals surface area contributed by atoms with Gasteiger partial charge in [0.15, 0.2) is 0 Å². The van der Waals surface area contributed by atoms with Crippen LogP contribution in [0.15, 0.2) is 24.5 Å². The number of aromatic nitrogens is 2. The molecule has 0 aliphatic carbocycles. The number of hydrogen-bond acceptors (Lipinski definition) is 4. The molecule has 7 heteroatoms. The molecule has 0 aromatic carbocycles.